The predicted octanol–water partition coefficient (Wildman–Crippen LogP) is 1.87. The van der Waals surface area contributed by atoms with Crippen LogP contribution in [0.3, 0.4) is 0 Å². The zero-order valence-corrected chi connectivity index (χ0v) is 6.18. The minimum Gasteiger partial charge on any atom is -0.442 e. The van der Waals surface area contributed by atoms with Gasteiger partial charge in [-0.05, 0) is 40.6 Å². The summed E-state index contributed by atoms with van der Waals surface area (Å²) in [5.41, 5.74) is 0. The van der Waals surface area contributed by atoms with Gasteiger partial charge in [-0.15, -0.1) is 6.42 Å². The molecular formula is C6H3IO. The second-order valence-electron chi connectivity index (χ2n) is 1.25. The number of terminal acetylenes is 1. The highest BCUT2D eigenvalue weighted by Gasteiger charge is 1.90. The summed E-state index contributed by atoms with van der Waals surface area (Å²) in [6.45, 7) is 0. The van der Waals surface area contributed by atoms with E-state index in [1.165, 1.54) is 0 Å². The molecule has 2 heteroatoms. The van der Waals surface area contributed by atoms with Gasteiger partial charge in [0.2, 0.25) is 0 Å². The van der Waals surface area contributed by atoms with Gasteiger partial charge in [-0.25, -0.2) is 0 Å². The maximum atomic E-state index is 5.02. The zero-order valence-electron chi connectivity index (χ0n) is 4.02. The van der Waals surface area contributed by atoms with Gasteiger partial charge in [-0.2, -0.15) is 0 Å². The summed E-state index contributed by atoms with van der Waals surface area (Å²) in [7, 11) is 0. The van der Waals surface area contributed by atoms with Gasteiger partial charge in [0, 0.05) is 0 Å². The largest absolute Gasteiger partial charge is 0.442 e. The average molecular weight is 218 g/mol. The Morgan fingerprint density at radius 2 is 2.38 bits per heavy atom. The lowest BCUT2D eigenvalue weighted by Crippen LogP contribution is -1.57. The Bertz CT molecular complexity index is 219. The molecule has 8 heavy (non-hydrogen) atoms. The molecule has 0 aliphatic rings. The zero-order chi connectivity index (χ0) is 5.98. The summed E-state index contributed by atoms with van der Waals surface area (Å²) in [6, 6.07) is 3.59. The molecule has 0 aliphatic carbocycles. The van der Waals surface area contributed by atoms with Crippen molar-refractivity contribution in [1.29, 1.82) is 0 Å². The smallest absolute Gasteiger partial charge is 0.177 e. The molecule has 1 aromatic rings. The van der Waals surface area contributed by atoms with Crippen LogP contribution in [0.2, 0.25) is 0 Å². The molecule has 40 valence electrons. The normalized spacial score (nSPS) is 8.50. The molecular weight excluding hydrogens is 215 g/mol. The Kier molecular flexibility index (Phi) is 1.59. The minimum atomic E-state index is 0.592. The SMILES string of the molecule is C#Cc1ccc(I)o1. The molecule has 0 spiro atoms. The molecule has 0 N–H and O–H groups in total. The summed E-state index contributed by atoms with van der Waals surface area (Å²) in [5, 5.41) is 0. The number of furan rings is 1. The van der Waals surface area contributed by atoms with E-state index in [0.29, 0.717) is 5.76 Å². The van der Waals surface area contributed by atoms with E-state index in [4.69, 9.17) is 10.8 Å². The van der Waals surface area contributed by atoms with Crippen molar-refractivity contribution in [3.8, 4) is 12.3 Å². The van der Waals surface area contributed by atoms with Gasteiger partial charge in [0.05, 0.1) is 0 Å². The lowest BCUT2D eigenvalue weighted by atomic mass is 10.5. The van der Waals surface area contributed by atoms with Gasteiger partial charge >= 0.3 is 0 Å². The molecule has 1 nitrogen and oxygen atoms in total. The van der Waals surface area contributed by atoms with E-state index in [9.17, 15) is 0 Å². The quantitative estimate of drug-likeness (QED) is 0.478. The fourth-order valence-corrected chi connectivity index (χ4v) is 0.809. The second kappa shape index (κ2) is 2.23. The lowest BCUT2D eigenvalue weighted by Gasteiger charge is -1.74. The summed E-state index contributed by atoms with van der Waals surface area (Å²) in [4.78, 5) is 0. The molecule has 1 aromatic heterocycles. The van der Waals surface area contributed by atoms with Gasteiger partial charge in [0.1, 0.15) is 0 Å². The van der Waals surface area contributed by atoms with Crippen LogP contribution in [0.5, 0.6) is 0 Å². The fourth-order valence-electron chi connectivity index (χ4n) is 0.392. The maximum Gasteiger partial charge on any atom is 0.177 e. The van der Waals surface area contributed by atoms with Crippen LogP contribution in [0.4, 0.5) is 0 Å². The molecule has 0 amide bonds. The summed E-state index contributed by atoms with van der Waals surface area (Å²) >= 11 is 2.06. The van der Waals surface area contributed by atoms with Crippen molar-refractivity contribution in [1.82, 2.24) is 0 Å². The third-order valence-corrected chi connectivity index (χ3v) is 1.30. The fraction of sp³-hybridized carbons (Fsp3) is 0. The van der Waals surface area contributed by atoms with E-state index in [1.807, 2.05) is 6.07 Å². The molecule has 0 unspecified atom stereocenters. The van der Waals surface area contributed by atoms with E-state index < -0.39 is 0 Å². The monoisotopic (exact) mass is 218 g/mol. The van der Waals surface area contributed by atoms with Crippen molar-refractivity contribution in [2.45, 2.75) is 0 Å². The predicted molar refractivity (Wildman–Crippen MR) is 39.4 cm³/mol. The number of hydrogen-bond acceptors (Lipinski definition) is 1. The van der Waals surface area contributed by atoms with Crippen LogP contribution in [-0.2, 0) is 0 Å². The Morgan fingerprint density at radius 1 is 1.62 bits per heavy atom. The summed E-state index contributed by atoms with van der Waals surface area (Å²) in [5.74, 6) is 2.97. The Labute approximate surface area is 61.2 Å². The molecule has 1 rings (SSSR count). The molecule has 0 saturated carbocycles. The van der Waals surface area contributed by atoms with Gasteiger partial charge in [0.25, 0.3) is 0 Å². The first-order valence-corrected chi connectivity index (χ1v) is 3.13. The first-order chi connectivity index (χ1) is 3.83. The topological polar surface area (TPSA) is 13.1 Å². The molecule has 0 fully saturated rings. The Hall–Kier alpha value is -0.430. The van der Waals surface area contributed by atoms with Crippen molar-refractivity contribution in [3.63, 3.8) is 0 Å². The van der Waals surface area contributed by atoms with Crippen molar-refractivity contribution in [2.24, 2.45) is 0 Å². The van der Waals surface area contributed by atoms with Crippen molar-refractivity contribution >= 4 is 22.6 Å². The van der Waals surface area contributed by atoms with Crippen LogP contribution < -0.4 is 0 Å². The van der Waals surface area contributed by atoms with Crippen molar-refractivity contribution in [3.05, 3.63) is 21.7 Å². The van der Waals surface area contributed by atoms with Gasteiger partial charge in [0.15, 0.2) is 9.53 Å². The first kappa shape index (κ1) is 5.70. The van der Waals surface area contributed by atoms with Crippen molar-refractivity contribution < 1.29 is 4.42 Å². The number of hydrogen-bond donors (Lipinski definition) is 0. The molecule has 0 atom stereocenters. The highest BCUT2D eigenvalue weighted by atomic mass is 127. The minimum absolute atomic E-state index is 0.592. The average Bonchev–Trinajstić information content (AvgIpc) is 2.14. The highest BCUT2D eigenvalue weighted by molar-refractivity contribution is 14.1. The van der Waals surface area contributed by atoms with Crippen LogP contribution in [-0.4, -0.2) is 0 Å². The van der Waals surface area contributed by atoms with Crippen LogP contribution in [0.1, 0.15) is 5.76 Å². The molecule has 0 bridgehead atoms. The van der Waals surface area contributed by atoms with Crippen LogP contribution in [0, 0.1) is 16.1 Å². The van der Waals surface area contributed by atoms with Crippen molar-refractivity contribution in [2.75, 3.05) is 0 Å². The second-order valence-corrected chi connectivity index (χ2v) is 2.31. The highest BCUT2D eigenvalue weighted by Crippen LogP contribution is 2.07. The van der Waals surface area contributed by atoms with Gasteiger partial charge < -0.3 is 4.42 Å². The number of halogens is 1. The van der Waals surface area contributed by atoms with E-state index in [2.05, 4.69) is 28.5 Å². The Morgan fingerprint density at radius 3 is 2.62 bits per heavy atom. The third-order valence-electron chi connectivity index (χ3n) is 0.715. The first-order valence-electron chi connectivity index (χ1n) is 2.05. The van der Waals surface area contributed by atoms with E-state index in [-0.39, 0.29) is 0 Å². The van der Waals surface area contributed by atoms with Gasteiger partial charge in [-0.1, -0.05) is 0 Å². The number of rotatable bonds is 0. The lowest BCUT2D eigenvalue weighted by molar-refractivity contribution is 0.526. The van der Waals surface area contributed by atoms with Crippen LogP contribution in [0.25, 0.3) is 0 Å². The Balaban J connectivity index is 3.05. The summed E-state index contributed by atoms with van der Waals surface area (Å²) < 4.78 is 5.81. The molecule has 0 aromatic carbocycles. The van der Waals surface area contributed by atoms with Crippen LogP contribution in [0.15, 0.2) is 16.5 Å². The standard InChI is InChI=1S/C6H3IO/c1-2-5-3-4-6(7)8-5/h1,3-4H. The summed E-state index contributed by atoms with van der Waals surface area (Å²) in [6.07, 6.45) is 5.02. The molecule has 0 saturated heterocycles. The van der Waals surface area contributed by atoms with Gasteiger partial charge in [-0.3, -0.25) is 0 Å². The van der Waals surface area contributed by atoms with E-state index in [0.717, 1.165) is 3.77 Å². The van der Waals surface area contributed by atoms with E-state index >= 15 is 0 Å². The molecule has 1 heterocycles. The van der Waals surface area contributed by atoms with E-state index in [1.54, 1.807) is 6.07 Å². The third kappa shape index (κ3) is 1.04. The molecule has 0 radical (unpaired) electrons. The maximum absolute atomic E-state index is 5.02. The molecule has 0 aliphatic heterocycles. The van der Waals surface area contributed by atoms with Crippen LogP contribution >= 0.6 is 22.6 Å².